The Balaban J connectivity index is 2.01. The first kappa shape index (κ1) is 16.3. The molecule has 1 amide bonds. The minimum atomic E-state index is -0.739. The van der Waals surface area contributed by atoms with Crippen molar-refractivity contribution in [1.29, 1.82) is 0 Å². The van der Waals surface area contributed by atoms with E-state index in [2.05, 4.69) is 0 Å². The number of likely N-dealkylation sites (tertiary alicyclic amines) is 1. The zero-order valence-corrected chi connectivity index (χ0v) is 13.4. The summed E-state index contributed by atoms with van der Waals surface area (Å²) in [4.78, 5) is 26.0. The van der Waals surface area contributed by atoms with Crippen LogP contribution >= 0.6 is 0 Å². The molecule has 1 aliphatic rings. The summed E-state index contributed by atoms with van der Waals surface area (Å²) in [5.74, 6) is -0.305. The van der Waals surface area contributed by atoms with Gasteiger partial charge in [-0.2, -0.15) is 0 Å². The minimum Gasteiger partial charge on any atom is -0.469 e. The molecule has 0 bridgehead atoms. The minimum absolute atomic E-state index is 0.191. The molecule has 2 rings (SSSR count). The normalized spacial score (nSPS) is 18.1. The molecule has 0 radical (unpaired) electrons. The third-order valence-corrected chi connectivity index (χ3v) is 4.24. The fourth-order valence-electron chi connectivity index (χ4n) is 2.94. The summed E-state index contributed by atoms with van der Waals surface area (Å²) in [6, 6.07) is 9.36. The van der Waals surface area contributed by atoms with E-state index in [0.717, 1.165) is 18.4 Å². The maximum absolute atomic E-state index is 12.3. The molecule has 1 atom stereocenters. The summed E-state index contributed by atoms with van der Waals surface area (Å²) in [6.07, 6.45) is 1.27. The lowest BCUT2D eigenvalue weighted by Gasteiger charge is -2.34. The Morgan fingerprint density at radius 1 is 1.27 bits per heavy atom. The molecule has 1 saturated heterocycles. The highest BCUT2D eigenvalue weighted by atomic mass is 16.6. The van der Waals surface area contributed by atoms with Crippen LogP contribution in [-0.4, -0.2) is 36.7 Å². The first-order valence-corrected chi connectivity index (χ1v) is 7.52. The number of rotatable bonds is 4. The van der Waals surface area contributed by atoms with Crippen LogP contribution in [-0.2, 0) is 20.9 Å². The molecule has 22 heavy (non-hydrogen) atoms. The highest BCUT2D eigenvalue weighted by Crippen LogP contribution is 2.34. The number of hydrogen-bond acceptors (Lipinski definition) is 4. The predicted octanol–water partition coefficient (Wildman–Crippen LogP) is 2.99. The molecule has 0 aliphatic carbocycles. The number of amides is 1. The molecule has 1 aliphatic heterocycles. The van der Waals surface area contributed by atoms with E-state index >= 15 is 0 Å². The van der Waals surface area contributed by atoms with Crippen LogP contribution in [0.25, 0.3) is 0 Å². The number of ether oxygens (including phenoxy) is 2. The van der Waals surface area contributed by atoms with Crippen LogP contribution in [0.1, 0.15) is 32.3 Å². The molecule has 1 unspecified atom stereocenters. The maximum atomic E-state index is 12.3. The highest BCUT2D eigenvalue weighted by molar-refractivity contribution is 5.78. The molecule has 1 aromatic carbocycles. The summed E-state index contributed by atoms with van der Waals surface area (Å²) in [5, 5.41) is 0. The van der Waals surface area contributed by atoms with Gasteiger partial charge in [0.05, 0.1) is 18.6 Å². The van der Waals surface area contributed by atoms with Crippen molar-refractivity contribution in [2.75, 3.05) is 13.7 Å². The molecular formula is C17H23NO4. The van der Waals surface area contributed by atoms with Crippen molar-refractivity contribution in [3.63, 3.8) is 0 Å². The van der Waals surface area contributed by atoms with Crippen LogP contribution in [0.15, 0.2) is 30.3 Å². The van der Waals surface area contributed by atoms with Gasteiger partial charge in [0.25, 0.3) is 0 Å². The van der Waals surface area contributed by atoms with Gasteiger partial charge in [-0.05, 0) is 32.3 Å². The zero-order chi connectivity index (χ0) is 16.2. The molecular weight excluding hydrogens is 282 g/mol. The van der Waals surface area contributed by atoms with Crippen molar-refractivity contribution in [2.45, 2.75) is 39.3 Å². The van der Waals surface area contributed by atoms with Gasteiger partial charge in [-0.3, -0.25) is 4.79 Å². The molecule has 1 aromatic rings. The van der Waals surface area contributed by atoms with E-state index in [1.54, 1.807) is 4.90 Å². The fraction of sp³-hybridized carbons (Fsp3) is 0.529. The first-order valence-electron chi connectivity index (χ1n) is 7.52. The van der Waals surface area contributed by atoms with Gasteiger partial charge < -0.3 is 14.4 Å². The Morgan fingerprint density at radius 2 is 1.95 bits per heavy atom. The highest BCUT2D eigenvalue weighted by Gasteiger charge is 2.45. The van der Waals surface area contributed by atoms with Gasteiger partial charge in [0, 0.05) is 6.54 Å². The van der Waals surface area contributed by atoms with Crippen molar-refractivity contribution in [3.05, 3.63) is 35.9 Å². The molecule has 120 valence electrons. The van der Waals surface area contributed by atoms with Crippen LogP contribution in [0.2, 0.25) is 0 Å². The fourth-order valence-corrected chi connectivity index (χ4v) is 2.94. The van der Waals surface area contributed by atoms with E-state index in [1.165, 1.54) is 7.11 Å². The molecule has 0 aromatic heterocycles. The predicted molar refractivity (Wildman–Crippen MR) is 82.2 cm³/mol. The van der Waals surface area contributed by atoms with Crippen molar-refractivity contribution in [3.8, 4) is 0 Å². The van der Waals surface area contributed by atoms with Gasteiger partial charge in [-0.15, -0.1) is 0 Å². The third-order valence-electron chi connectivity index (χ3n) is 4.24. The maximum Gasteiger partial charge on any atom is 0.410 e. The number of carbonyl (C=O) groups excluding carboxylic acids is 2. The van der Waals surface area contributed by atoms with Gasteiger partial charge in [0.2, 0.25) is 0 Å². The van der Waals surface area contributed by atoms with Gasteiger partial charge >= 0.3 is 12.1 Å². The van der Waals surface area contributed by atoms with Gasteiger partial charge in [0.1, 0.15) is 6.61 Å². The molecule has 5 nitrogen and oxygen atoms in total. The number of hydrogen-bond donors (Lipinski definition) is 0. The van der Waals surface area contributed by atoms with E-state index in [9.17, 15) is 9.59 Å². The van der Waals surface area contributed by atoms with Gasteiger partial charge in [-0.1, -0.05) is 30.3 Å². The van der Waals surface area contributed by atoms with Crippen LogP contribution in [0.5, 0.6) is 0 Å². The van der Waals surface area contributed by atoms with Crippen molar-refractivity contribution in [1.82, 2.24) is 4.90 Å². The average molecular weight is 305 g/mol. The topological polar surface area (TPSA) is 55.8 Å². The average Bonchev–Trinajstić information content (AvgIpc) is 3.03. The molecule has 5 heteroatoms. The summed E-state index contributed by atoms with van der Waals surface area (Å²) in [7, 11) is 1.37. The number of carbonyl (C=O) groups is 2. The largest absolute Gasteiger partial charge is 0.469 e. The van der Waals surface area contributed by atoms with Crippen molar-refractivity contribution >= 4 is 12.1 Å². The van der Waals surface area contributed by atoms with E-state index in [-0.39, 0.29) is 24.7 Å². The summed E-state index contributed by atoms with van der Waals surface area (Å²) >= 11 is 0. The number of benzene rings is 1. The summed E-state index contributed by atoms with van der Waals surface area (Å²) in [6.45, 7) is 4.47. The Morgan fingerprint density at radius 3 is 2.59 bits per heavy atom. The Bertz CT molecular complexity index is 527. The van der Waals surface area contributed by atoms with Crippen LogP contribution < -0.4 is 0 Å². The number of methoxy groups -OCH3 is 1. The first-order chi connectivity index (χ1) is 10.5. The SMILES string of the molecule is COC(=O)C(C)(C)C1CCCN1C(=O)OCc1ccccc1. The van der Waals surface area contributed by atoms with E-state index in [1.807, 2.05) is 44.2 Å². The Hall–Kier alpha value is -2.04. The van der Waals surface area contributed by atoms with E-state index in [4.69, 9.17) is 9.47 Å². The second kappa shape index (κ2) is 6.81. The zero-order valence-electron chi connectivity index (χ0n) is 13.4. The summed E-state index contributed by atoms with van der Waals surface area (Å²) < 4.78 is 10.3. The Kier molecular flexibility index (Phi) is 5.06. The second-order valence-electron chi connectivity index (χ2n) is 6.10. The Labute approximate surface area is 131 Å². The van der Waals surface area contributed by atoms with Crippen molar-refractivity contribution < 1.29 is 19.1 Å². The van der Waals surface area contributed by atoms with Crippen molar-refractivity contribution in [2.24, 2.45) is 5.41 Å². The standard InChI is InChI=1S/C17H23NO4/c1-17(2,15(19)21-3)14-10-7-11-18(14)16(20)22-12-13-8-5-4-6-9-13/h4-6,8-9,14H,7,10-12H2,1-3H3. The summed E-state index contributed by atoms with van der Waals surface area (Å²) in [5.41, 5.74) is 0.204. The second-order valence-corrected chi connectivity index (χ2v) is 6.10. The monoisotopic (exact) mass is 305 g/mol. The number of esters is 1. The lowest BCUT2D eigenvalue weighted by atomic mass is 9.83. The van der Waals surface area contributed by atoms with Crippen LogP contribution in [0, 0.1) is 5.41 Å². The van der Waals surface area contributed by atoms with Crippen LogP contribution in [0.4, 0.5) is 4.79 Å². The quantitative estimate of drug-likeness (QED) is 0.802. The van der Waals surface area contributed by atoms with E-state index < -0.39 is 5.41 Å². The smallest absolute Gasteiger partial charge is 0.410 e. The lowest BCUT2D eigenvalue weighted by Crippen LogP contribution is -2.48. The van der Waals surface area contributed by atoms with Gasteiger partial charge in [0.15, 0.2) is 0 Å². The van der Waals surface area contributed by atoms with E-state index in [0.29, 0.717) is 6.54 Å². The molecule has 1 fully saturated rings. The molecule has 1 heterocycles. The van der Waals surface area contributed by atoms with Gasteiger partial charge in [-0.25, -0.2) is 4.79 Å². The number of nitrogens with zero attached hydrogens (tertiary/aromatic N) is 1. The van der Waals surface area contributed by atoms with Crippen LogP contribution in [0.3, 0.4) is 0 Å². The third kappa shape index (κ3) is 3.40. The molecule has 0 N–H and O–H groups in total. The lowest BCUT2D eigenvalue weighted by molar-refractivity contribution is -0.153. The molecule has 0 saturated carbocycles. The molecule has 0 spiro atoms.